The summed E-state index contributed by atoms with van der Waals surface area (Å²) in [5, 5.41) is 14.6. The van der Waals surface area contributed by atoms with Gasteiger partial charge < -0.3 is 10.2 Å². The first-order valence-corrected chi connectivity index (χ1v) is 8.83. The van der Waals surface area contributed by atoms with Crippen molar-refractivity contribution < 1.29 is 18.9 Å². The van der Waals surface area contributed by atoms with Gasteiger partial charge in [-0.05, 0) is 36.4 Å². The highest BCUT2D eigenvalue weighted by atomic mass is 19.1. The van der Waals surface area contributed by atoms with Crippen LogP contribution in [-0.4, -0.2) is 28.3 Å². The molecule has 1 aliphatic heterocycles. The first kappa shape index (κ1) is 18.5. The van der Waals surface area contributed by atoms with Gasteiger partial charge in [0.15, 0.2) is 0 Å². The zero-order valence-electron chi connectivity index (χ0n) is 15.0. The molecule has 0 radical (unpaired) electrons. The number of halogens is 1. The molecule has 29 heavy (non-hydrogen) atoms. The summed E-state index contributed by atoms with van der Waals surface area (Å²) in [6.07, 6.45) is 1.61. The standard InChI is InChI=1S/C20H15FN4O4/c21-15-7-6-13(10-18(15)25(28)29)24-11-12(9-19(24)26)20(27)23-17-5-1-4-16-14(17)3-2-8-22-16/h1-8,10,12H,9,11H2,(H,23,27). The Morgan fingerprint density at radius 3 is 2.86 bits per heavy atom. The maximum Gasteiger partial charge on any atom is 0.306 e. The summed E-state index contributed by atoms with van der Waals surface area (Å²) in [5.41, 5.74) is 0.788. The monoisotopic (exact) mass is 394 g/mol. The largest absolute Gasteiger partial charge is 0.325 e. The summed E-state index contributed by atoms with van der Waals surface area (Å²) < 4.78 is 13.6. The quantitative estimate of drug-likeness (QED) is 0.540. The fourth-order valence-electron chi connectivity index (χ4n) is 3.39. The van der Waals surface area contributed by atoms with Crippen LogP contribution in [0.2, 0.25) is 0 Å². The van der Waals surface area contributed by atoms with Crippen LogP contribution in [0.15, 0.2) is 54.7 Å². The molecule has 2 amide bonds. The number of nitrogens with zero attached hydrogens (tertiary/aromatic N) is 3. The van der Waals surface area contributed by atoms with Crippen molar-refractivity contribution in [1.82, 2.24) is 4.98 Å². The average molecular weight is 394 g/mol. The molecule has 1 unspecified atom stereocenters. The van der Waals surface area contributed by atoms with Crippen molar-refractivity contribution in [2.45, 2.75) is 6.42 Å². The van der Waals surface area contributed by atoms with Crippen molar-refractivity contribution in [1.29, 1.82) is 0 Å². The molecule has 1 atom stereocenters. The fraction of sp³-hybridized carbons (Fsp3) is 0.150. The van der Waals surface area contributed by atoms with E-state index < -0.39 is 22.3 Å². The number of carbonyl (C=O) groups is 2. The van der Waals surface area contributed by atoms with Gasteiger partial charge in [-0.3, -0.25) is 24.7 Å². The van der Waals surface area contributed by atoms with Crippen LogP contribution in [0.4, 0.5) is 21.5 Å². The molecule has 0 spiro atoms. The number of nitro groups is 1. The van der Waals surface area contributed by atoms with E-state index in [-0.39, 0.29) is 30.5 Å². The van der Waals surface area contributed by atoms with E-state index >= 15 is 0 Å². The Morgan fingerprint density at radius 1 is 1.24 bits per heavy atom. The number of carbonyl (C=O) groups excluding carboxylic acids is 2. The van der Waals surface area contributed by atoms with Gasteiger partial charge in [-0.2, -0.15) is 4.39 Å². The molecule has 1 aliphatic rings. The number of fused-ring (bicyclic) bond motifs is 1. The molecule has 146 valence electrons. The maximum atomic E-state index is 13.6. The molecular weight excluding hydrogens is 379 g/mol. The molecule has 0 bridgehead atoms. The van der Waals surface area contributed by atoms with Crippen LogP contribution in [0.1, 0.15) is 6.42 Å². The van der Waals surface area contributed by atoms with E-state index in [0.717, 1.165) is 23.0 Å². The molecule has 1 aromatic heterocycles. The fourth-order valence-corrected chi connectivity index (χ4v) is 3.39. The normalized spacial score (nSPS) is 16.2. The Balaban J connectivity index is 1.54. The van der Waals surface area contributed by atoms with Crippen molar-refractivity contribution in [3.05, 3.63) is 70.7 Å². The Morgan fingerprint density at radius 2 is 2.07 bits per heavy atom. The zero-order chi connectivity index (χ0) is 20.5. The van der Waals surface area contributed by atoms with Gasteiger partial charge in [0.1, 0.15) is 0 Å². The highest BCUT2D eigenvalue weighted by Crippen LogP contribution is 2.30. The van der Waals surface area contributed by atoms with Crippen LogP contribution in [-0.2, 0) is 9.59 Å². The van der Waals surface area contributed by atoms with Gasteiger partial charge in [-0.1, -0.05) is 6.07 Å². The predicted molar refractivity (Wildman–Crippen MR) is 104 cm³/mol. The van der Waals surface area contributed by atoms with Gasteiger partial charge in [0.05, 0.1) is 27.7 Å². The molecule has 4 rings (SSSR count). The highest BCUT2D eigenvalue weighted by Gasteiger charge is 2.36. The number of nitrogens with one attached hydrogen (secondary N) is 1. The lowest BCUT2D eigenvalue weighted by atomic mass is 10.1. The zero-order valence-corrected chi connectivity index (χ0v) is 15.0. The molecule has 1 saturated heterocycles. The van der Waals surface area contributed by atoms with E-state index in [2.05, 4.69) is 10.3 Å². The third-order valence-corrected chi connectivity index (χ3v) is 4.84. The lowest BCUT2D eigenvalue weighted by Gasteiger charge is -2.17. The SMILES string of the molecule is O=C(Nc1cccc2ncccc12)C1CC(=O)N(c2ccc(F)c([N+](=O)[O-])c2)C1. The number of anilines is 2. The molecule has 0 aliphatic carbocycles. The second kappa shape index (κ2) is 7.27. The van der Waals surface area contributed by atoms with Crippen molar-refractivity contribution in [3.8, 4) is 0 Å². The molecule has 1 N–H and O–H groups in total. The highest BCUT2D eigenvalue weighted by molar-refractivity contribution is 6.06. The van der Waals surface area contributed by atoms with E-state index in [0.29, 0.717) is 5.69 Å². The van der Waals surface area contributed by atoms with Gasteiger partial charge >= 0.3 is 5.69 Å². The predicted octanol–water partition coefficient (Wildman–Crippen LogP) is 3.27. The molecule has 2 aromatic carbocycles. The number of hydrogen-bond donors (Lipinski definition) is 1. The second-order valence-corrected chi connectivity index (χ2v) is 6.66. The number of pyridine rings is 1. The minimum absolute atomic E-state index is 0.0416. The number of benzene rings is 2. The smallest absolute Gasteiger partial charge is 0.306 e. The molecule has 1 fully saturated rings. The first-order chi connectivity index (χ1) is 13.9. The van der Waals surface area contributed by atoms with E-state index in [9.17, 15) is 24.1 Å². The van der Waals surface area contributed by atoms with Gasteiger partial charge in [-0.15, -0.1) is 0 Å². The van der Waals surface area contributed by atoms with Crippen molar-refractivity contribution in [2.75, 3.05) is 16.8 Å². The molecule has 3 aromatic rings. The van der Waals surface area contributed by atoms with Crippen LogP contribution in [0.3, 0.4) is 0 Å². The maximum absolute atomic E-state index is 13.6. The molecule has 2 heterocycles. The van der Waals surface area contributed by atoms with Gasteiger partial charge in [-0.25, -0.2) is 0 Å². The van der Waals surface area contributed by atoms with Crippen LogP contribution in [0, 0.1) is 21.8 Å². The Bertz CT molecular complexity index is 1150. The van der Waals surface area contributed by atoms with Crippen molar-refractivity contribution in [2.24, 2.45) is 5.92 Å². The average Bonchev–Trinajstić information content (AvgIpc) is 3.10. The molecule has 0 saturated carbocycles. The molecule has 8 nitrogen and oxygen atoms in total. The van der Waals surface area contributed by atoms with Crippen LogP contribution in [0.25, 0.3) is 10.9 Å². The van der Waals surface area contributed by atoms with Crippen LogP contribution >= 0.6 is 0 Å². The van der Waals surface area contributed by atoms with E-state index in [1.807, 2.05) is 12.1 Å². The third-order valence-electron chi connectivity index (χ3n) is 4.84. The summed E-state index contributed by atoms with van der Waals surface area (Å²) in [7, 11) is 0. The number of aromatic nitrogens is 1. The van der Waals surface area contributed by atoms with E-state index in [4.69, 9.17) is 0 Å². The number of hydrogen-bond acceptors (Lipinski definition) is 5. The Labute approximate surface area is 164 Å². The molecule has 9 heteroatoms. The summed E-state index contributed by atoms with van der Waals surface area (Å²) in [4.78, 5) is 40.7. The number of amides is 2. The van der Waals surface area contributed by atoms with Crippen LogP contribution < -0.4 is 10.2 Å². The lowest BCUT2D eigenvalue weighted by Crippen LogP contribution is -2.28. The van der Waals surface area contributed by atoms with E-state index in [1.165, 1.54) is 11.0 Å². The third kappa shape index (κ3) is 3.49. The molecular formula is C20H15FN4O4. The number of nitro benzene ring substituents is 1. The Hall–Kier alpha value is -3.88. The topological polar surface area (TPSA) is 105 Å². The Kier molecular flexibility index (Phi) is 4.63. The first-order valence-electron chi connectivity index (χ1n) is 8.83. The van der Waals surface area contributed by atoms with Gasteiger partial charge in [0.25, 0.3) is 0 Å². The summed E-state index contributed by atoms with van der Waals surface area (Å²) in [6.45, 7) is 0.0521. The summed E-state index contributed by atoms with van der Waals surface area (Å²) in [6, 6.07) is 12.2. The van der Waals surface area contributed by atoms with E-state index in [1.54, 1.807) is 24.4 Å². The minimum atomic E-state index is -0.982. The van der Waals surface area contributed by atoms with Gasteiger partial charge in [0, 0.05) is 30.6 Å². The lowest BCUT2D eigenvalue weighted by molar-refractivity contribution is -0.387. The summed E-state index contributed by atoms with van der Waals surface area (Å²) >= 11 is 0. The van der Waals surface area contributed by atoms with Crippen molar-refractivity contribution in [3.63, 3.8) is 0 Å². The van der Waals surface area contributed by atoms with Crippen LogP contribution in [0.5, 0.6) is 0 Å². The second-order valence-electron chi connectivity index (χ2n) is 6.66. The summed E-state index contributed by atoms with van der Waals surface area (Å²) in [5.74, 6) is -2.32. The van der Waals surface area contributed by atoms with Crippen molar-refractivity contribution >= 4 is 39.8 Å². The number of rotatable bonds is 4. The minimum Gasteiger partial charge on any atom is -0.325 e. The van der Waals surface area contributed by atoms with Gasteiger partial charge in [0.2, 0.25) is 17.6 Å².